The molecule has 1 amide bonds. The number of carbonyl (C=O) groups excluding carboxylic acids is 1. The third-order valence-corrected chi connectivity index (χ3v) is 7.34. The summed E-state index contributed by atoms with van der Waals surface area (Å²) in [5.41, 5.74) is 2.37. The van der Waals surface area contributed by atoms with Crippen LogP contribution < -0.4 is 4.90 Å². The van der Waals surface area contributed by atoms with Gasteiger partial charge < -0.3 is 9.80 Å². The van der Waals surface area contributed by atoms with Crippen LogP contribution in [0.4, 0.5) is 10.1 Å². The highest BCUT2D eigenvalue weighted by Crippen LogP contribution is 2.39. The Morgan fingerprint density at radius 2 is 1.76 bits per heavy atom. The lowest BCUT2D eigenvalue weighted by Gasteiger charge is -2.37. The van der Waals surface area contributed by atoms with E-state index in [1.807, 2.05) is 31.2 Å². The quantitative estimate of drug-likeness (QED) is 0.406. The summed E-state index contributed by atoms with van der Waals surface area (Å²) in [5, 5.41) is 1.03. The first-order valence-corrected chi connectivity index (χ1v) is 12.4. The lowest BCUT2D eigenvalue weighted by Crippen LogP contribution is -2.45. The van der Waals surface area contributed by atoms with Crippen molar-refractivity contribution >= 4 is 47.2 Å². The summed E-state index contributed by atoms with van der Waals surface area (Å²) in [7, 11) is 0. The van der Waals surface area contributed by atoms with E-state index in [0.29, 0.717) is 34.3 Å². The molecule has 4 rings (SSSR count). The first-order chi connectivity index (χ1) is 15.4. The number of aryl methyl sites for hydroxylation is 1. The molecule has 0 spiro atoms. The van der Waals surface area contributed by atoms with Gasteiger partial charge in [0.2, 0.25) is 5.91 Å². The summed E-state index contributed by atoms with van der Waals surface area (Å²) in [4.78, 5) is 17.2. The molecular weight excluding hydrogens is 482 g/mol. The van der Waals surface area contributed by atoms with Crippen LogP contribution >= 0.6 is 35.6 Å². The van der Waals surface area contributed by atoms with Gasteiger partial charge in [-0.15, -0.1) is 12.4 Å². The van der Waals surface area contributed by atoms with Gasteiger partial charge in [0.05, 0.1) is 15.7 Å². The van der Waals surface area contributed by atoms with E-state index >= 15 is 0 Å². The fourth-order valence-electron chi connectivity index (χ4n) is 5.15. The Hall–Kier alpha value is -1.33. The van der Waals surface area contributed by atoms with Crippen molar-refractivity contribution in [2.24, 2.45) is 11.8 Å². The van der Waals surface area contributed by atoms with Crippen LogP contribution in [-0.4, -0.2) is 37.0 Å². The van der Waals surface area contributed by atoms with E-state index in [9.17, 15) is 9.18 Å². The number of rotatable bonds is 7. The van der Waals surface area contributed by atoms with Gasteiger partial charge in [0.15, 0.2) is 0 Å². The van der Waals surface area contributed by atoms with Gasteiger partial charge in [0.1, 0.15) is 5.82 Å². The van der Waals surface area contributed by atoms with Gasteiger partial charge in [-0.2, -0.15) is 0 Å². The third kappa shape index (κ3) is 6.42. The minimum atomic E-state index is -0.196. The second-order valence-corrected chi connectivity index (χ2v) is 10.1. The number of anilines is 1. The van der Waals surface area contributed by atoms with E-state index in [1.54, 1.807) is 11.0 Å². The lowest BCUT2D eigenvalue weighted by molar-refractivity contribution is -0.124. The molecule has 0 radical (unpaired) electrons. The Kier molecular flexibility index (Phi) is 9.46. The van der Waals surface area contributed by atoms with Crippen molar-refractivity contribution in [2.45, 2.75) is 45.4 Å². The van der Waals surface area contributed by atoms with Crippen LogP contribution in [0.2, 0.25) is 10.0 Å². The molecule has 2 aromatic carbocycles. The van der Waals surface area contributed by atoms with Gasteiger partial charge in [0, 0.05) is 12.5 Å². The molecule has 2 fully saturated rings. The van der Waals surface area contributed by atoms with Crippen molar-refractivity contribution in [1.29, 1.82) is 0 Å². The standard InChI is InChI=1S/C26H31Cl2FN2O.ClH/c1-18-13-20(14-21-8-2-3-9-24(21)29)17-31(26(18)32)25-22(27)15-19(16-23(25)28)7-6-12-30-10-4-5-11-30;/h2-3,8-9,15-16,18,20H,4-7,10-14,17H2,1H3;1H/t18-,20-;/m1./s1. The SMILES string of the molecule is C[C@@H]1C[C@H](Cc2ccccc2F)CN(c2c(Cl)cc(CCCN3CCCC3)cc2Cl)C1=O.Cl. The predicted octanol–water partition coefficient (Wildman–Crippen LogP) is 6.81. The Balaban J connectivity index is 0.00000306. The zero-order valence-electron chi connectivity index (χ0n) is 19.0. The average molecular weight is 514 g/mol. The van der Waals surface area contributed by atoms with Gasteiger partial charge >= 0.3 is 0 Å². The zero-order chi connectivity index (χ0) is 22.7. The van der Waals surface area contributed by atoms with Gasteiger partial charge in [-0.05, 0) is 93.4 Å². The molecule has 0 unspecified atom stereocenters. The first kappa shape index (κ1) is 26.3. The molecule has 0 bridgehead atoms. The molecule has 33 heavy (non-hydrogen) atoms. The van der Waals surface area contributed by atoms with Crippen molar-refractivity contribution in [2.75, 3.05) is 31.1 Å². The van der Waals surface area contributed by atoms with E-state index in [4.69, 9.17) is 23.2 Å². The van der Waals surface area contributed by atoms with Gasteiger partial charge in [-0.25, -0.2) is 4.39 Å². The molecule has 0 aromatic heterocycles. The highest BCUT2D eigenvalue weighted by Gasteiger charge is 2.34. The molecule has 0 saturated carbocycles. The molecular formula is C26H32Cl3FN2O. The second-order valence-electron chi connectivity index (χ2n) is 9.31. The molecule has 2 atom stereocenters. The van der Waals surface area contributed by atoms with Crippen molar-refractivity contribution < 1.29 is 9.18 Å². The highest BCUT2D eigenvalue weighted by atomic mass is 35.5. The molecule has 2 heterocycles. The largest absolute Gasteiger partial charge is 0.309 e. The van der Waals surface area contributed by atoms with Crippen LogP contribution in [0.3, 0.4) is 0 Å². The number of likely N-dealkylation sites (tertiary alicyclic amines) is 1. The van der Waals surface area contributed by atoms with Crippen molar-refractivity contribution in [3.8, 4) is 0 Å². The highest BCUT2D eigenvalue weighted by molar-refractivity contribution is 6.40. The molecule has 2 aliphatic rings. The topological polar surface area (TPSA) is 23.6 Å². The Morgan fingerprint density at radius 1 is 1.09 bits per heavy atom. The Bertz CT molecular complexity index is 941. The van der Waals surface area contributed by atoms with Gasteiger partial charge in [-0.1, -0.05) is 48.3 Å². The normalized spacial score (nSPS) is 21.3. The summed E-state index contributed by atoms with van der Waals surface area (Å²) in [5.74, 6) is -0.182. The lowest BCUT2D eigenvalue weighted by atomic mass is 9.85. The molecule has 180 valence electrons. The van der Waals surface area contributed by atoms with Crippen LogP contribution in [0, 0.1) is 17.7 Å². The monoisotopic (exact) mass is 512 g/mol. The van der Waals surface area contributed by atoms with Gasteiger partial charge in [0.25, 0.3) is 0 Å². The van der Waals surface area contributed by atoms with Crippen LogP contribution in [0.5, 0.6) is 0 Å². The number of nitrogens with zero attached hydrogens (tertiary/aromatic N) is 2. The molecule has 2 saturated heterocycles. The fraction of sp³-hybridized carbons (Fsp3) is 0.500. The molecule has 7 heteroatoms. The van der Waals surface area contributed by atoms with E-state index in [-0.39, 0.29) is 36.0 Å². The van der Waals surface area contributed by atoms with Crippen LogP contribution in [0.25, 0.3) is 0 Å². The minimum Gasteiger partial charge on any atom is -0.309 e. The van der Waals surface area contributed by atoms with Crippen molar-refractivity contribution in [3.63, 3.8) is 0 Å². The number of hydrogen-bond acceptors (Lipinski definition) is 2. The van der Waals surface area contributed by atoms with E-state index < -0.39 is 0 Å². The Labute approximate surface area is 212 Å². The molecule has 0 N–H and O–H groups in total. The summed E-state index contributed by atoms with van der Waals surface area (Å²) >= 11 is 13.3. The van der Waals surface area contributed by atoms with Gasteiger partial charge in [-0.3, -0.25) is 4.79 Å². The number of amides is 1. The number of carbonyl (C=O) groups is 1. The van der Waals surface area contributed by atoms with E-state index in [1.165, 1.54) is 32.0 Å². The molecule has 0 aliphatic carbocycles. The van der Waals surface area contributed by atoms with Crippen LogP contribution in [0.15, 0.2) is 36.4 Å². The average Bonchev–Trinajstić information content (AvgIpc) is 3.26. The predicted molar refractivity (Wildman–Crippen MR) is 137 cm³/mol. The number of piperidine rings is 1. The minimum absolute atomic E-state index is 0. The van der Waals surface area contributed by atoms with Crippen molar-refractivity contribution in [1.82, 2.24) is 4.90 Å². The maximum atomic E-state index is 14.2. The summed E-state index contributed by atoms with van der Waals surface area (Å²) in [6, 6.07) is 10.8. The third-order valence-electron chi connectivity index (χ3n) is 6.77. The second kappa shape index (κ2) is 11.9. The summed E-state index contributed by atoms with van der Waals surface area (Å²) in [6.07, 6.45) is 5.89. The summed E-state index contributed by atoms with van der Waals surface area (Å²) in [6.45, 7) is 5.91. The number of halogens is 4. The van der Waals surface area contributed by atoms with E-state index in [0.717, 1.165) is 31.4 Å². The Morgan fingerprint density at radius 3 is 2.42 bits per heavy atom. The zero-order valence-corrected chi connectivity index (χ0v) is 21.4. The first-order valence-electron chi connectivity index (χ1n) is 11.7. The maximum Gasteiger partial charge on any atom is 0.229 e. The molecule has 2 aliphatic heterocycles. The maximum absolute atomic E-state index is 14.2. The van der Waals surface area contributed by atoms with Crippen molar-refractivity contribution in [3.05, 3.63) is 63.4 Å². The molecule has 3 nitrogen and oxygen atoms in total. The van der Waals surface area contributed by atoms with Crippen LogP contribution in [0.1, 0.15) is 43.7 Å². The van der Waals surface area contributed by atoms with Crippen LogP contribution in [-0.2, 0) is 17.6 Å². The summed E-state index contributed by atoms with van der Waals surface area (Å²) < 4.78 is 14.2. The van der Waals surface area contributed by atoms with E-state index in [2.05, 4.69) is 4.90 Å². The fourth-order valence-corrected chi connectivity index (χ4v) is 5.88. The number of benzene rings is 2. The molecule has 2 aromatic rings. The smallest absolute Gasteiger partial charge is 0.229 e. The number of hydrogen-bond donors (Lipinski definition) is 0.